The first-order valence-corrected chi connectivity index (χ1v) is 11.8. The summed E-state index contributed by atoms with van der Waals surface area (Å²) in [6.45, 7) is 8.75. The van der Waals surface area contributed by atoms with Gasteiger partial charge in [0.2, 0.25) is 5.91 Å². The van der Waals surface area contributed by atoms with Gasteiger partial charge < -0.3 is 15.5 Å². The molecule has 6 heteroatoms. The second-order valence-electron chi connectivity index (χ2n) is 8.49. The van der Waals surface area contributed by atoms with Crippen molar-refractivity contribution in [1.29, 1.82) is 0 Å². The number of amides is 1. The van der Waals surface area contributed by atoms with Crippen LogP contribution in [0.2, 0.25) is 0 Å². The van der Waals surface area contributed by atoms with E-state index in [4.69, 9.17) is 4.99 Å². The third-order valence-corrected chi connectivity index (χ3v) is 6.05. The minimum Gasteiger partial charge on any atom is -0.357 e. The Morgan fingerprint density at radius 3 is 2.67 bits per heavy atom. The molecule has 6 nitrogen and oxygen atoms in total. The van der Waals surface area contributed by atoms with E-state index in [0.29, 0.717) is 11.9 Å². The molecule has 2 saturated heterocycles. The molecule has 0 spiro atoms. The summed E-state index contributed by atoms with van der Waals surface area (Å²) in [7, 11) is 0. The second-order valence-corrected chi connectivity index (χ2v) is 8.49. The van der Waals surface area contributed by atoms with Crippen molar-refractivity contribution in [3.8, 4) is 0 Å². The Labute approximate surface area is 182 Å². The van der Waals surface area contributed by atoms with Crippen molar-refractivity contribution in [2.75, 3.05) is 39.3 Å². The fourth-order valence-electron chi connectivity index (χ4n) is 4.32. The average Bonchev–Trinajstić information content (AvgIpc) is 2.97. The molecule has 166 valence electrons. The molecule has 2 aliphatic heterocycles. The number of carbonyl (C=O) groups is 1. The Balaban J connectivity index is 1.38. The van der Waals surface area contributed by atoms with Gasteiger partial charge in [-0.15, -0.1) is 0 Å². The topological polar surface area (TPSA) is 60.0 Å². The Hall–Kier alpha value is -2.08. The van der Waals surface area contributed by atoms with Gasteiger partial charge in [0, 0.05) is 58.3 Å². The van der Waals surface area contributed by atoms with Gasteiger partial charge in [-0.3, -0.25) is 14.7 Å². The van der Waals surface area contributed by atoms with Crippen LogP contribution in [0.5, 0.6) is 0 Å². The van der Waals surface area contributed by atoms with Crippen LogP contribution in [0.25, 0.3) is 0 Å². The van der Waals surface area contributed by atoms with Crippen LogP contribution in [0.4, 0.5) is 0 Å². The monoisotopic (exact) mass is 413 g/mol. The largest absolute Gasteiger partial charge is 0.357 e. The van der Waals surface area contributed by atoms with E-state index in [-0.39, 0.29) is 0 Å². The van der Waals surface area contributed by atoms with Crippen LogP contribution in [-0.4, -0.2) is 67.0 Å². The van der Waals surface area contributed by atoms with Crippen LogP contribution in [-0.2, 0) is 11.3 Å². The molecular formula is C24H39N5O. The quantitative estimate of drug-likeness (QED) is 0.391. The SMILES string of the molecule is CCNC(=NCCCN1CCCCCC1=O)NC1CCN(Cc2ccccc2)CC1. The zero-order valence-electron chi connectivity index (χ0n) is 18.6. The number of aliphatic imine (C=N–C) groups is 1. The van der Waals surface area contributed by atoms with E-state index in [1.165, 1.54) is 12.0 Å². The summed E-state index contributed by atoms with van der Waals surface area (Å²) >= 11 is 0. The normalized spacial score (nSPS) is 19.6. The number of likely N-dealkylation sites (tertiary alicyclic amines) is 2. The molecule has 3 rings (SSSR count). The highest BCUT2D eigenvalue weighted by atomic mass is 16.2. The smallest absolute Gasteiger partial charge is 0.222 e. The zero-order valence-corrected chi connectivity index (χ0v) is 18.6. The Morgan fingerprint density at radius 2 is 1.90 bits per heavy atom. The summed E-state index contributed by atoms with van der Waals surface area (Å²) in [5, 5.41) is 7.01. The highest BCUT2D eigenvalue weighted by Crippen LogP contribution is 2.14. The van der Waals surface area contributed by atoms with Crippen LogP contribution >= 0.6 is 0 Å². The third-order valence-electron chi connectivity index (χ3n) is 6.05. The number of hydrogen-bond donors (Lipinski definition) is 2. The van der Waals surface area contributed by atoms with Gasteiger partial charge in [-0.1, -0.05) is 36.8 Å². The standard InChI is InChI=1S/C24H39N5O/c1-2-25-24(26-15-9-17-29-16-8-4-7-12-23(29)30)27-22-13-18-28(19-14-22)20-21-10-5-3-6-11-21/h3,5-6,10-11,22H,2,4,7-9,12-20H2,1H3,(H2,25,26,27). The molecule has 2 heterocycles. The summed E-state index contributed by atoms with van der Waals surface area (Å²) in [6.07, 6.45) is 7.29. The molecule has 30 heavy (non-hydrogen) atoms. The molecule has 0 radical (unpaired) electrons. The summed E-state index contributed by atoms with van der Waals surface area (Å²) in [5.41, 5.74) is 1.39. The molecule has 2 aliphatic rings. The van der Waals surface area contributed by atoms with E-state index in [1.54, 1.807) is 0 Å². The minimum absolute atomic E-state index is 0.323. The second kappa shape index (κ2) is 12.6. The van der Waals surface area contributed by atoms with Crippen molar-refractivity contribution in [3.05, 3.63) is 35.9 Å². The molecule has 1 aromatic rings. The van der Waals surface area contributed by atoms with Crippen molar-refractivity contribution in [1.82, 2.24) is 20.4 Å². The summed E-state index contributed by atoms with van der Waals surface area (Å²) < 4.78 is 0. The predicted molar refractivity (Wildman–Crippen MR) is 124 cm³/mol. The van der Waals surface area contributed by atoms with Crippen LogP contribution in [0, 0.1) is 0 Å². The van der Waals surface area contributed by atoms with Crippen molar-refractivity contribution < 1.29 is 4.79 Å². The maximum atomic E-state index is 12.1. The fourth-order valence-corrected chi connectivity index (χ4v) is 4.32. The first-order valence-electron chi connectivity index (χ1n) is 11.8. The minimum atomic E-state index is 0.323. The van der Waals surface area contributed by atoms with Crippen molar-refractivity contribution >= 4 is 11.9 Å². The van der Waals surface area contributed by atoms with E-state index in [2.05, 4.69) is 52.8 Å². The summed E-state index contributed by atoms with van der Waals surface area (Å²) in [4.78, 5) is 21.5. The third kappa shape index (κ3) is 7.63. The molecule has 0 bridgehead atoms. The summed E-state index contributed by atoms with van der Waals surface area (Å²) in [6, 6.07) is 11.2. The zero-order chi connectivity index (χ0) is 21.0. The van der Waals surface area contributed by atoms with E-state index in [0.717, 1.165) is 90.3 Å². The van der Waals surface area contributed by atoms with Gasteiger partial charge in [0.1, 0.15) is 0 Å². The number of rotatable bonds is 8. The van der Waals surface area contributed by atoms with E-state index >= 15 is 0 Å². The van der Waals surface area contributed by atoms with E-state index in [9.17, 15) is 4.79 Å². The lowest BCUT2D eigenvalue weighted by atomic mass is 10.0. The molecule has 2 N–H and O–H groups in total. The number of nitrogens with one attached hydrogen (secondary N) is 2. The molecule has 1 aromatic carbocycles. The van der Waals surface area contributed by atoms with Gasteiger partial charge in [-0.2, -0.15) is 0 Å². The van der Waals surface area contributed by atoms with Gasteiger partial charge in [0.15, 0.2) is 5.96 Å². The van der Waals surface area contributed by atoms with Gasteiger partial charge in [0.25, 0.3) is 0 Å². The lowest BCUT2D eigenvalue weighted by Crippen LogP contribution is -2.48. The highest BCUT2D eigenvalue weighted by molar-refractivity contribution is 5.80. The van der Waals surface area contributed by atoms with Crippen molar-refractivity contribution in [3.63, 3.8) is 0 Å². The van der Waals surface area contributed by atoms with Crippen molar-refractivity contribution in [2.24, 2.45) is 4.99 Å². The number of nitrogens with zero attached hydrogens (tertiary/aromatic N) is 3. The molecular weight excluding hydrogens is 374 g/mol. The Kier molecular flexibility index (Phi) is 9.48. The van der Waals surface area contributed by atoms with Gasteiger partial charge >= 0.3 is 0 Å². The average molecular weight is 414 g/mol. The molecule has 0 aromatic heterocycles. The molecule has 2 fully saturated rings. The maximum absolute atomic E-state index is 12.1. The van der Waals surface area contributed by atoms with Gasteiger partial charge in [-0.25, -0.2) is 0 Å². The Bertz CT molecular complexity index is 655. The van der Waals surface area contributed by atoms with Crippen LogP contribution < -0.4 is 10.6 Å². The van der Waals surface area contributed by atoms with Gasteiger partial charge in [-0.05, 0) is 44.6 Å². The highest BCUT2D eigenvalue weighted by Gasteiger charge is 2.20. The number of benzene rings is 1. The lowest BCUT2D eigenvalue weighted by molar-refractivity contribution is -0.130. The number of hydrogen-bond acceptors (Lipinski definition) is 3. The van der Waals surface area contributed by atoms with Crippen LogP contribution in [0.3, 0.4) is 0 Å². The number of guanidine groups is 1. The van der Waals surface area contributed by atoms with Crippen molar-refractivity contribution in [2.45, 2.75) is 64.5 Å². The number of piperidine rings is 1. The Morgan fingerprint density at radius 1 is 1.10 bits per heavy atom. The molecule has 0 unspecified atom stereocenters. The lowest BCUT2D eigenvalue weighted by Gasteiger charge is -2.33. The number of carbonyl (C=O) groups excluding carboxylic acids is 1. The molecule has 0 atom stereocenters. The predicted octanol–water partition coefficient (Wildman–Crippen LogP) is 3.00. The van der Waals surface area contributed by atoms with E-state index in [1.807, 2.05) is 4.90 Å². The fraction of sp³-hybridized carbons (Fsp3) is 0.667. The molecule has 1 amide bonds. The molecule has 0 aliphatic carbocycles. The van der Waals surface area contributed by atoms with E-state index < -0.39 is 0 Å². The summed E-state index contributed by atoms with van der Waals surface area (Å²) in [5.74, 6) is 1.24. The van der Waals surface area contributed by atoms with Crippen LogP contribution in [0.15, 0.2) is 35.3 Å². The van der Waals surface area contributed by atoms with Gasteiger partial charge in [0.05, 0.1) is 0 Å². The maximum Gasteiger partial charge on any atom is 0.222 e. The first-order chi connectivity index (χ1) is 14.7. The molecule has 0 saturated carbocycles. The first kappa shape index (κ1) is 22.6. The van der Waals surface area contributed by atoms with Crippen LogP contribution in [0.1, 0.15) is 57.4 Å².